The van der Waals surface area contributed by atoms with Crippen LogP contribution in [0.1, 0.15) is 62.6 Å². The van der Waals surface area contributed by atoms with Crippen LogP contribution >= 0.6 is 0 Å². The van der Waals surface area contributed by atoms with Crippen molar-refractivity contribution in [1.82, 2.24) is 20.0 Å². The van der Waals surface area contributed by atoms with E-state index >= 15 is 0 Å². The largest absolute Gasteiger partial charge is 0.389 e. The Hall–Kier alpha value is -1.40. The minimum atomic E-state index is -0.474. The van der Waals surface area contributed by atoms with Crippen molar-refractivity contribution in [3.05, 3.63) is 17.5 Å². The van der Waals surface area contributed by atoms with Crippen LogP contribution in [0.2, 0.25) is 0 Å². The van der Waals surface area contributed by atoms with Crippen LogP contribution in [0.3, 0.4) is 0 Å². The second-order valence-corrected chi connectivity index (χ2v) is 8.28. The van der Waals surface area contributed by atoms with E-state index in [9.17, 15) is 9.90 Å². The summed E-state index contributed by atoms with van der Waals surface area (Å²) < 4.78 is 0. The lowest BCUT2D eigenvalue weighted by molar-refractivity contribution is 0.0293. The molecule has 0 radical (unpaired) electrons. The van der Waals surface area contributed by atoms with E-state index in [2.05, 4.69) is 35.9 Å². The molecule has 1 saturated heterocycles. The third-order valence-corrected chi connectivity index (χ3v) is 5.58. The second-order valence-electron chi connectivity index (χ2n) is 8.28. The molecule has 1 saturated carbocycles. The number of likely N-dealkylation sites (N-methyl/N-ethyl adjacent to an activating group) is 1. The Morgan fingerprint density at radius 2 is 2.00 bits per heavy atom. The van der Waals surface area contributed by atoms with Gasteiger partial charge in [-0.05, 0) is 44.8 Å². The molecule has 3 atom stereocenters. The number of nitrogens with zero attached hydrogens (tertiary/aromatic N) is 3. The van der Waals surface area contributed by atoms with Crippen LogP contribution in [-0.2, 0) is 5.41 Å². The first-order chi connectivity index (χ1) is 11.3. The fourth-order valence-corrected chi connectivity index (χ4v) is 3.98. The summed E-state index contributed by atoms with van der Waals surface area (Å²) in [7, 11) is 1.79. The van der Waals surface area contributed by atoms with Crippen LogP contribution < -0.4 is 0 Å². The number of carbonyl (C=O) groups is 1. The van der Waals surface area contributed by atoms with Crippen molar-refractivity contribution in [2.45, 2.75) is 70.1 Å². The SMILES string of the molecule is CN(C(=O)c1cc(C(C)(C)C)[nH]n1)[C@@H]1CC[C@@H](N2CCCC2)[C@@H]1O. The van der Waals surface area contributed by atoms with Crippen molar-refractivity contribution in [2.24, 2.45) is 0 Å². The van der Waals surface area contributed by atoms with Crippen molar-refractivity contribution in [3.63, 3.8) is 0 Å². The number of aromatic nitrogens is 2. The van der Waals surface area contributed by atoms with E-state index < -0.39 is 6.10 Å². The summed E-state index contributed by atoms with van der Waals surface area (Å²) in [5, 5.41) is 17.9. The van der Waals surface area contributed by atoms with Gasteiger partial charge >= 0.3 is 0 Å². The number of hydrogen-bond acceptors (Lipinski definition) is 4. The molecule has 2 heterocycles. The molecule has 24 heavy (non-hydrogen) atoms. The van der Waals surface area contributed by atoms with Crippen LogP contribution in [0.25, 0.3) is 0 Å². The first kappa shape index (κ1) is 17.4. The molecule has 2 aliphatic rings. The van der Waals surface area contributed by atoms with Gasteiger partial charge in [-0.2, -0.15) is 5.10 Å². The molecule has 2 fully saturated rings. The van der Waals surface area contributed by atoms with Gasteiger partial charge in [-0.25, -0.2) is 0 Å². The maximum absolute atomic E-state index is 12.8. The third-order valence-electron chi connectivity index (χ3n) is 5.58. The lowest BCUT2D eigenvalue weighted by Crippen LogP contribution is -2.48. The van der Waals surface area contributed by atoms with E-state index in [4.69, 9.17) is 0 Å². The molecule has 6 nitrogen and oxygen atoms in total. The third kappa shape index (κ3) is 3.22. The summed E-state index contributed by atoms with van der Waals surface area (Å²) in [6.45, 7) is 8.39. The van der Waals surface area contributed by atoms with Gasteiger partial charge in [0.2, 0.25) is 0 Å². The Kier molecular flexibility index (Phi) is 4.71. The number of hydrogen-bond donors (Lipinski definition) is 2. The normalized spacial score (nSPS) is 28.5. The highest BCUT2D eigenvalue weighted by Crippen LogP contribution is 2.31. The highest BCUT2D eigenvalue weighted by atomic mass is 16.3. The number of carbonyl (C=O) groups excluding carboxylic acids is 1. The van der Waals surface area contributed by atoms with Gasteiger partial charge in [0.25, 0.3) is 5.91 Å². The maximum atomic E-state index is 12.8. The molecular weight excluding hydrogens is 304 g/mol. The lowest BCUT2D eigenvalue weighted by Gasteiger charge is -2.31. The molecule has 0 aromatic carbocycles. The molecule has 0 spiro atoms. The summed E-state index contributed by atoms with van der Waals surface area (Å²) in [5.41, 5.74) is 1.30. The van der Waals surface area contributed by atoms with E-state index in [0.717, 1.165) is 31.6 Å². The predicted octanol–water partition coefficient (Wildman–Crippen LogP) is 1.77. The number of aromatic amines is 1. The van der Waals surface area contributed by atoms with Crippen molar-refractivity contribution < 1.29 is 9.90 Å². The average molecular weight is 334 g/mol. The highest BCUT2D eigenvalue weighted by Gasteiger charge is 2.42. The van der Waals surface area contributed by atoms with Crippen molar-refractivity contribution in [1.29, 1.82) is 0 Å². The number of aliphatic hydroxyl groups is 1. The summed E-state index contributed by atoms with van der Waals surface area (Å²) >= 11 is 0. The Morgan fingerprint density at radius 1 is 1.33 bits per heavy atom. The molecule has 0 unspecified atom stereocenters. The van der Waals surface area contributed by atoms with Gasteiger partial charge in [0.1, 0.15) is 5.69 Å². The van der Waals surface area contributed by atoms with Crippen LogP contribution in [0.4, 0.5) is 0 Å². The van der Waals surface area contributed by atoms with Crippen LogP contribution in [-0.4, -0.2) is 69.3 Å². The minimum absolute atomic E-state index is 0.0716. The van der Waals surface area contributed by atoms with Crippen molar-refractivity contribution in [3.8, 4) is 0 Å². The Bertz CT molecular complexity index is 586. The summed E-state index contributed by atoms with van der Waals surface area (Å²) in [5.74, 6) is -0.118. The molecule has 1 aliphatic heterocycles. The van der Waals surface area contributed by atoms with Gasteiger partial charge in [-0.15, -0.1) is 0 Å². The molecular formula is C18H30N4O2. The first-order valence-electron chi connectivity index (χ1n) is 9.04. The quantitative estimate of drug-likeness (QED) is 0.884. The van der Waals surface area contributed by atoms with E-state index in [1.54, 1.807) is 11.9 Å². The summed E-state index contributed by atoms with van der Waals surface area (Å²) in [6.07, 6.45) is 3.76. The molecule has 1 amide bonds. The summed E-state index contributed by atoms with van der Waals surface area (Å²) in [4.78, 5) is 16.8. The zero-order valence-electron chi connectivity index (χ0n) is 15.2. The molecule has 2 N–H and O–H groups in total. The zero-order chi connectivity index (χ0) is 17.5. The fraction of sp³-hybridized carbons (Fsp3) is 0.778. The van der Waals surface area contributed by atoms with E-state index in [-0.39, 0.29) is 23.4 Å². The Labute approximate surface area is 144 Å². The fourth-order valence-electron chi connectivity index (χ4n) is 3.98. The number of amides is 1. The van der Waals surface area contributed by atoms with E-state index in [1.807, 2.05) is 6.07 Å². The Morgan fingerprint density at radius 3 is 2.58 bits per heavy atom. The average Bonchev–Trinajstić information content (AvgIpc) is 3.24. The highest BCUT2D eigenvalue weighted by molar-refractivity contribution is 5.92. The lowest BCUT2D eigenvalue weighted by atomic mass is 9.92. The number of H-pyrrole nitrogens is 1. The van der Waals surface area contributed by atoms with Crippen molar-refractivity contribution in [2.75, 3.05) is 20.1 Å². The molecule has 1 aromatic heterocycles. The van der Waals surface area contributed by atoms with Gasteiger partial charge in [-0.3, -0.25) is 14.8 Å². The number of aliphatic hydroxyl groups excluding tert-OH is 1. The molecule has 3 rings (SSSR count). The van der Waals surface area contributed by atoms with Gasteiger partial charge in [0.05, 0.1) is 12.1 Å². The zero-order valence-corrected chi connectivity index (χ0v) is 15.2. The minimum Gasteiger partial charge on any atom is -0.389 e. The van der Waals surface area contributed by atoms with Crippen LogP contribution in [0.5, 0.6) is 0 Å². The number of likely N-dealkylation sites (tertiary alicyclic amines) is 1. The van der Waals surface area contributed by atoms with Gasteiger partial charge < -0.3 is 10.0 Å². The molecule has 0 bridgehead atoms. The smallest absolute Gasteiger partial charge is 0.274 e. The predicted molar refractivity (Wildman–Crippen MR) is 93.0 cm³/mol. The van der Waals surface area contributed by atoms with E-state index in [1.165, 1.54) is 12.8 Å². The second kappa shape index (κ2) is 6.48. The molecule has 1 aromatic rings. The van der Waals surface area contributed by atoms with Gasteiger partial charge in [0, 0.05) is 24.2 Å². The first-order valence-corrected chi connectivity index (χ1v) is 9.04. The van der Waals surface area contributed by atoms with Gasteiger partial charge in [-0.1, -0.05) is 20.8 Å². The maximum Gasteiger partial charge on any atom is 0.274 e. The van der Waals surface area contributed by atoms with Crippen LogP contribution in [0, 0.1) is 0 Å². The van der Waals surface area contributed by atoms with E-state index in [0.29, 0.717) is 5.69 Å². The topological polar surface area (TPSA) is 72.5 Å². The molecule has 1 aliphatic carbocycles. The number of nitrogens with one attached hydrogen (secondary N) is 1. The summed E-state index contributed by atoms with van der Waals surface area (Å²) in [6, 6.07) is 1.90. The monoisotopic (exact) mass is 334 g/mol. The molecule has 6 heteroatoms. The standard InChI is InChI=1S/C18H30N4O2/c1-18(2,3)15-11-12(19-20-15)17(24)21(4)13-7-8-14(16(13)23)22-9-5-6-10-22/h11,13-14,16,23H,5-10H2,1-4H3,(H,19,20)/t13-,14-,16-/m1/s1. The Balaban J connectivity index is 1.68. The van der Waals surface area contributed by atoms with Gasteiger partial charge in [0.15, 0.2) is 0 Å². The molecule has 134 valence electrons. The van der Waals surface area contributed by atoms with Crippen molar-refractivity contribution >= 4 is 5.91 Å². The number of rotatable bonds is 3. The van der Waals surface area contributed by atoms with Crippen LogP contribution in [0.15, 0.2) is 6.07 Å².